The monoisotopic (exact) mass is 477 g/mol. The highest BCUT2D eigenvalue weighted by Gasteiger charge is 2.37. The highest BCUT2D eigenvalue weighted by molar-refractivity contribution is 5.90. The number of unbranched alkanes of at least 4 members (excludes halogenated alkanes) is 9. The molecule has 0 radical (unpaired) electrons. The second kappa shape index (κ2) is 15.3. The topological polar surface area (TPSA) is 61.4 Å². The van der Waals surface area contributed by atoms with E-state index in [4.69, 9.17) is 0 Å². The second-order valence-electron chi connectivity index (χ2n) is 9.57. The molecule has 186 valence electrons. The van der Waals surface area contributed by atoms with Crippen molar-refractivity contribution in [2.75, 3.05) is 13.1 Å². The lowest BCUT2D eigenvalue weighted by molar-refractivity contribution is -0.140. The van der Waals surface area contributed by atoms with Crippen LogP contribution in [0.4, 0.5) is 0 Å². The number of benzene rings is 1. The molecule has 1 aromatic carbocycles. The lowest BCUT2D eigenvalue weighted by Gasteiger charge is -2.31. The number of fused-ring (bicyclic) bond motifs is 1. The van der Waals surface area contributed by atoms with Gasteiger partial charge >= 0.3 is 0 Å². The Hall–Kier alpha value is -1.59. The molecular weight excluding hydrogens is 434 g/mol. The minimum absolute atomic E-state index is 0. The van der Waals surface area contributed by atoms with Crippen molar-refractivity contribution in [3.8, 4) is 0 Å². The van der Waals surface area contributed by atoms with Crippen molar-refractivity contribution >= 4 is 24.2 Å². The van der Waals surface area contributed by atoms with E-state index in [-0.39, 0.29) is 36.3 Å². The Balaban J connectivity index is 0.00000385. The molecule has 0 spiro atoms. The van der Waals surface area contributed by atoms with E-state index < -0.39 is 0 Å². The van der Waals surface area contributed by atoms with Gasteiger partial charge in [0.05, 0.1) is 6.04 Å². The van der Waals surface area contributed by atoms with Crippen LogP contribution in [0.3, 0.4) is 0 Å². The van der Waals surface area contributed by atoms with E-state index >= 15 is 0 Å². The van der Waals surface area contributed by atoms with Gasteiger partial charge in [0, 0.05) is 19.6 Å². The fourth-order valence-electron chi connectivity index (χ4n) is 5.07. The van der Waals surface area contributed by atoms with Gasteiger partial charge in [-0.15, -0.1) is 12.4 Å². The lowest BCUT2D eigenvalue weighted by atomic mass is 9.95. The first-order valence-corrected chi connectivity index (χ1v) is 13.1. The summed E-state index contributed by atoms with van der Waals surface area (Å²) in [6.45, 7) is 4.39. The van der Waals surface area contributed by atoms with Crippen LogP contribution in [0, 0.1) is 0 Å². The molecule has 2 N–H and O–H groups in total. The van der Waals surface area contributed by atoms with Gasteiger partial charge < -0.3 is 15.5 Å². The van der Waals surface area contributed by atoms with E-state index in [1.807, 2.05) is 17.0 Å². The van der Waals surface area contributed by atoms with Crippen LogP contribution >= 0.6 is 12.4 Å². The quantitative estimate of drug-likeness (QED) is 0.386. The number of hydrogen-bond acceptors (Lipinski definition) is 3. The van der Waals surface area contributed by atoms with Gasteiger partial charge in [0.1, 0.15) is 6.04 Å². The fourth-order valence-corrected chi connectivity index (χ4v) is 5.07. The van der Waals surface area contributed by atoms with Crippen molar-refractivity contribution in [3.05, 3.63) is 35.4 Å². The number of nitrogens with zero attached hydrogens (tertiary/aromatic N) is 1. The maximum Gasteiger partial charge on any atom is 0.242 e. The number of hydrogen-bond donors (Lipinski definition) is 2. The summed E-state index contributed by atoms with van der Waals surface area (Å²) in [7, 11) is 0. The predicted octanol–water partition coefficient (Wildman–Crippen LogP) is 5.15. The van der Waals surface area contributed by atoms with Gasteiger partial charge in [-0.25, -0.2) is 0 Å². The number of likely N-dealkylation sites (tertiary alicyclic amines) is 1. The molecular formula is C27H44ClN3O2. The molecule has 0 bridgehead atoms. The van der Waals surface area contributed by atoms with E-state index in [1.54, 1.807) is 0 Å². The van der Waals surface area contributed by atoms with Crippen molar-refractivity contribution in [1.29, 1.82) is 0 Å². The Labute approximate surface area is 206 Å². The van der Waals surface area contributed by atoms with Crippen LogP contribution in [0.25, 0.3) is 0 Å². The van der Waals surface area contributed by atoms with Crippen LogP contribution in [-0.2, 0) is 22.6 Å². The smallest absolute Gasteiger partial charge is 0.242 e. The van der Waals surface area contributed by atoms with Crippen LogP contribution in [-0.4, -0.2) is 41.9 Å². The standard InChI is InChI=1S/C27H43N3O2.ClH/c1-2-3-4-5-6-7-8-9-10-13-18-28-26(31)25-17-14-19-30(25)27(32)24-20-22-15-11-12-16-23(22)21-29-24;/h11-12,15-16,24-25,29H,2-10,13-14,17-21H2,1H3,(H,28,31);1H/t24-,25-;/m0./s1. The number of carbonyl (C=O) groups is 2. The molecule has 2 heterocycles. The molecule has 0 saturated carbocycles. The second-order valence-corrected chi connectivity index (χ2v) is 9.57. The van der Waals surface area contributed by atoms with E-state index in [9.17, 15) is 9.59 Å². The van der Waals surface area contributed by atoms with E-state index in [0.29, 0.717) is 13.0 Å². The van der Waals surface area contributed by atoms with E-state index in [0.717, 1.165) is 32.4 Å². The van der Waals surface area contributed by atoms with Gasteiger partial charge in [0.2, 0.25) is 11.8 Å². The number of halogens is 1. The summed E-state index contributed by atoms with van der Waals surface area (Å²) >= 11 is 0. The molecule has 0 unspecified atom stereocenters. The van der Waals surface area contributed by atoms with Crippen molar-refractivity contribution in [3.63, 3.8) is 0 Å². The van der Waals surface area contributed by atoms with Crippen LogP contribution in [0.5, 0.6) is 0 Å². The minimum Gasteiger partial charge on any atom is -0.354 e. The van der Waals surface area contributed by atoms with Crippen LogP contribution < -0.4 is 10.6 Å². The highest BCUT2D eigenvalue weighted by Crippen LogP contribution is 2.22. The first kappa shape index (κ1) is 27.7. The maximum absolute atomic E-state index is 13.2. The largest absolute Gasteiger partial charge is 0.354 e. The summed E-state index contributed by atoms with van der Waals surface area (Å²) in [4.78, 5) is 27.8. The van der Waals surface area contributed by atoms with E-state index in [2.05, 4.69) is 29.7 Å². The van der Waals surface area contributed by atoms with E-state index in [1.165, 1.54) is 68.9 Å². The first-order chi connectivity index (χ1) is 15.7. The normalized spacial score (nSPS) is 19.6. The third kappa shape index (κ3) is 8.60. The SMILES string of the molecule is CCCCCCCCCCCCNC(=O)[C@@H]1CCCN1C(=O)[C@@H]1Cc2ccccc2CN1.Cl. The molecule has 1 fully saturated rings. The first-order valence-electron chi connectivity index (χ1n) is 13.1. The summed E-state index contributed by atoms with van der Waals surface area (Å²) in [6, 6.07) is 7.77. The Morgan fingerprint density at radius 2 is 1.61 bits per heavy atom. The molecule has 33 heavy (non-hydrogen) atoms. The zero-order chi connectivity index (χ0) is 22.6. The zero-order valence-electron chi connectivity index (χ0n) is 20.4. The van der Waals surface area contributed by atoms with Crippen molar-refractivity contribution in [2.45, 2.75) is 109 Å². The number of rotatable bonds is 13. The molecule has 6 heteroatoms. The van der Waals surface area contributed by atoms with Crippen LogP contribution in [0.2, 0.25) is 0 Å². The van der Waals surface area contributed by atoms with Crippen LogP contribution in [0.15, 0.2) is 24.3 Å². The number of amides is 2. The van der Waals surface area contributed by atoms with Gasteiger partial charge in [0.15, 0.2) is 0 Å². The molecule has 1 saturated heterocycles. The van der Waals surface area contributed by atoms with Crippen molar-refractivity contribution in [1.82, 2.24) is 15.5 Å². The maximum atomic E-state index is 13.2. The summed E-state index contributed by atoms with van der Waals surface area (Å²) < 4.78 is 0. The van der Waals surface area contributed by atoms with Gasteiger partial charge in [-0.05, 0) is 36.8 Å². The molecule has 2 atom stereocenters. The Kier molecular flexibility index (Phi) is 12.9. The summed E-state index contributed by atoms with van der Waals surface area (Å²) in [5.74, 6) is 0.110. The molecule has 2 aliphatic heterocycles. The van der Waals surface area contributed by atoms with Crippen LogP contribution in [0.1, 0.15) is 95.1 Å². The average Bonchev–Trinajstić information content (AvgIpc) is 3.32. The van der Waals surface area contributed by atoms with Gasteiger partial charge in [-0.2, -0.15) is 0 Å². The molecule has 1 aromatic rings. The lowest BCUT2D eigenvalue weighted by Crippen LogP contribution is -2.54. The molecule has 2 amide bonds. The number of nitrogens with one attached hydrogen (secondary N) is 2. The third-order valence-corrected chi connectivity index (χ3v) is 7.05. The summed E-state index contributed by atoms with van der Waals surface area (Å²) in [6.07, 6.45) is 15.3. The zero-order valence-corrected chi connectivity index (χ0v) is 21.3. The summed E-state index contributed by atoms with van der Waals surface area (Å²) in [5, 5.41) is 6.48. The third-order valence-electron chi connectivity index (χ3n) is 7.05. The predicted molar refractivity (Wildman–Crippen MR) is 138 cm³/mol. The Morgan fingerprint density at radius 3 is 2.30 bits per heavy atom. The van der Waals surface area contributed by atoms with Gasteiger partial charge in [-0.3, -0.25) is 9.59 Å². The van der Waals surface area contributed by atoms with Crippen molar-refractivity contribution in [2.24, 2.45) is 0 Å². The molecule has 2 aliphatic rings. The molecule has 5 nitrogen and oxygen atoms in total. The summed E-state index contributed by atoms with van der Waals surface area (Å²) in [5.41, 5.74) is 2.51. The van der Waals surface area contributed by atoms with Gasteiger partial charge in [0.25, 0.3) is 0 Å². The van der Waals surface area contributed by atoms with Crippen molar-refractivity contribution < 1.29 is 9.59 Å². The minimum atomic E-state index is -0.301. The molecule has 0 aliphatic carbocycles. The Morgan fingerprint density at radius 1 is 0.970 bits per heavy atom. The Bertz CT molecular complexity index is 727. The molecule has 0 aromatic heterocycles. The number of carbonyl (C=O) groups excluding carboxylic acids is 2. The highest BCUT2D eigenvalue weighted by atomic mass is 35.5. The fraction of sp³-hybridized carbons (Fsp3) is 0.704. The average molecular weight is 478 g/mol. The van der Waals surface area contributed by atoms with Gasteiger partial charge in [-0.1, -0.05) is 89.0 Å². The molecule has 3 rings (SSSR count).